The smallest absolute Gasteiger partial charge is 0.177 e. The first-order valence-corrected chi connectivity index (χ1v) is 10.2. The Morgan fingerprint density at radius 2 is 1.79 bits per heavy atom. The molecule has 0 aliphatic heterocycles. The minimum atomic E-state index is -0.679. The third-order valence-corrected chi connectivity index (χ3v) is 5.69. The summed E-state index contributed by atoms with van der Waals surface area (Å²) in [7, 11) is 0. The van der Waals surface area contributed by atoms with Crippen LogP contribution in [0.4, 0.5) is 0 Å². The number of aliphatic hydroxyl groups is 1. The van der Waals surface area contributed by atoms with Crippen molar-refractivity contribution < 1.29 is 14.7 Å². The quantitative estimate of drug-likeness (QED) is 0.627. The van der Waals surface area contributed by atoms with Crippen LogP contribution in [-0.2, 0) is 16.0 Å². The molecule has 0 saturated carbocycles. The Morgan fingerprint density at radius 3 is 2.43 bits per heavy atom. The molecule has 0 radical (unpaired) electrons. The van der Waals surface area contributed by atoms with Gasteiger partial charge in [-0.3, -0.25) is 9.59 Å². The third kappa shape index (κ3) is 4.20. The van der Waals surface area contributed by atoms with Crippen LogP contribution in [0.1, 0.15) is 50.7 Å². The highest BCUT2D eigenvalue weighted by Crippen LogP contribution is 2.35. The topological polar surface area (TPSA) is 54.4 Å². The molecule has 2 aromatic carbocycles. The number of hydrogen-bond donors (Lipinski definition) is 1. The summed E-state index contributed by atoms with van der Waals surface area (Å²) in [5.41, 5.74) is 3.95. The van der Waals surface area contributed by atoms with E-state index in [1.807, 2.05) is 49.4 Å². The van der Waals surface area contributed by atoms with Crippen molar-refractivity contribution in [1.29, 1.82) is 0 Å². The predicted molar refractivity (Wildman–Crippen MR) is 113 cm³/mol. The summed E-state index contributed by atoms with van der Waals surface area (Å²) in [5, 5.41) is 11.4. The fraction of sp³-hybridized carbons (Fsp3) is 0.333. The zero-order valence-corrected chi connectivity index (χ0v) is 17.1. The van der Waals surface area contributed by atoms with Gasteiger partial charge in [0, 0.05) is 11.4 Å². The summed E-state index contributed by atoms with van der Waals surface area (Å²) in [6.45, 7) is 3.48. The maximum atomic E-state index is 13.3. The molecule has 28 heavy (non-hydrogen) atoms. The molecule has 1 aliphatic carbocycles. The van der Waals surface area contributed by atoms with Crippen molar-refractivity contribution in [2.45, 2.75) is 46.0 Å². The number of aliphatic hydroxyl groups excluding tert-OH is 1. The van der Waals surface area contributed by atoms with Gasteiger partial charge in [0.1, 0.15) is 11.5 Å². The molecule has 1 unspecified atom stereocenters. The Balaban J connectivity index is 2.16. The zero-order chi connectivity index (χ0) is 20.3. The molecule has 1 atom stereocenters. The summed E-state index contributed by atoms with van der Waals surface area (Å²) in [6, 6.07) is 13.5. The molecule has 2 aromatic rings. The highest BCUT2D eigenvalue weighted by Gasteiger charge is 2.31. The Bertz CT molecular complexity index is 925. The molecule has 0 fully saturated rings. The maximum absolute atomic E-state index is 13.3. The maximum Gasteiger partial charge on any atom is 0.177 e. The monoisotopic (exact) mass is 396 g/mol. The Kier molecular flexibility index (Phi) is 6.35. The minimum absolute atomic E-state index is 0.0962. The van der Waals surface area contributed by atoms with Gasteiger partial charge in [-0.05, 0) is 66.6 Å². The van der Waals surface area contributed by atoms with Crippen LogP contribution in [0.2, 0.25) is 5.02 Å². The standard InChI is InChI=1S/C24H25ClO3/c1-3-16-8-9-18(17-10-12-19(25)13-11-17)14-21(16)23-22(27)7-5-4-6-20(15(2)26)24(23)28/h8-14,20,27H,3-7H2,1-2H3/b23-22+. The van der Waals surface area contributed by atoms with Gasteiger partial charge in [0.15, 0.2) is 5.78 Å². The second-order valence-corrected chi connectivity index (χ2v) is 7.76. The number of carbonyl (C=O) groups is 2. The highest BCUT2D eigenvalue weighted by molar-refractivity contribution is 6.30. The first kappa shape index (κ1) is 20.3. The van der Waals surface area contributed by atoms with Gasteiger partial charge in [-0.1, -0.05) is 49.2 Å². The molecule has 3 rings (SSSR count). The van der Waals surface area contributed by atoms with E-state index in [1.54, 1.807) is 0 Å². The van der Waals surface area contributed by atoms with Crippen LogP contribution in [0.15, 0.2) is 48.2 Å². The van der Waals surface area contributed by atoms with E-state index in [1.165, 1.54) is 6.92 Å². The van der Waals surface area contributed by atoms with Crippen LogP contribution in [0, 0.1) is 5.92 Å². The van der Waals surface area contributed by atoms with Crippen molar-refractivity contribution in [3.8, 4) is 11.1 Å². The SMILES string of the molecule is CCc1ccc(-c2ccc(Cl)cc2)cc1/C1=C(\O)CCCCC(C(C)=O)C1=O. The van der Waals surface area contributed by atoms with Gasteiger partial charge < -0.3 is 5.11 Å². The highest BCUT2D eigenvalue weighted by atomic mass is 35.5. The first-order chi connectivity index (χ1) is 13.4. The number of rotatable bonds is 4. The van der Waals surface area contributed by atoms with Crippen LogP contribution >= 0.6 is 11.6 Å². The van der Waals surface area contributed by atoms with E-state index in [2.05, 4.69) is 0 Å². The lowest BCUT2D eigenvalue weighted by molar-refractivity contribution is -0.128. The van der Waals surface area contributed by atoms with Gasteiger partial charge in [0.2, 0.25) is 0 Å². The summed E-state index contributed by atoms with van der Waals surface area (Å²) in [4.78, 5) is 25.4. The number of hydrogen-bond acceptors (Lipinski definition) is 3. The van der Waals surface area contributed by atoms with E-state index in [4.69, 9.17) is 11.6 Å². The second-order valence-electron chi connectivity index (χ2n) is 7.33. The van der Waals surface area contributed by atoms with Crippen molar-refractivity contribution in [3.05, 3.63) is 64.4 Å². The summed E-state index contributed by atoms with van der Waals surface area (Å²) < 4.78 is 0. The molecule has 0 spiro atoms. The van der Waals surface area contributed by atoms with E-state index < -0.39 is 5.92 Å². The molecule has 0 aromatic heterocycles. The first-order valence-electron chi connectivity index (χ1n) is 9.78. The van der Waals surface area contributed by atoms with Gasteiger partial charge in [-0.25, -0.2) is 0 Å². The molecule has 1 N–H and O–H groups in total. The summed E-state index contributed by atoms with van der Waals surface area (Å²) in [5.74, 6) is -0.975. The van der Waals surface area contributed by atoms with Gasteiger partial charge in [-0.15, -0.1) is 0 Å². The van der Waals surface area contributed by atoms with Gasteiger partial charge in [-0.2, -0.15) is 0 Å². The van der Waals surface area contributed by atoms with E-state index >= 15 is 0 Å². The van der Waals surface area contributed by atoms with Crippen LogP contribution in [0.5, 0.6) is 0 Å². The summed E-state index contributed by atoms with van der Waals surface area (Å²) in [6.07, 6.45) is 3.26. The number of allylic oxidation sites excluding steroid dienone is 2. The van der Waals surface area contributed by atoms with Crippen molar-refractivity contribution in [2.75, 3.05) is 0 Å². The fourth-order valence-electron chi connectivity index (χ4n) is 3.83. The number of carbonyl (C=O) groups excluding carboxylic acids is 2. The molecular weight excluding hydrogens is 372 g/mol. The van der Waals surface area contributed by atoms with Crippen LogP contribution in [-0.4, -0.2) is 16.7 Å². The third-order valence-electron chi connectivity index (χ3n) is 5.44. The number of Topliss-reactive ketones (excluding diaryl/α,β-unsaturated/α-hetero) is 2. The average Bonchev–Trinajstić information content (AvgIpc) is 2.67. The zero-order valence-electron chi connectivity index (χ0n) is 16.3. The average molecular weight is 397 g/mol. The number of aryl methyl sites for hydroxylation is 1. The molecule has 3 nitrogen and oxygen atoms in total. The predicted octanol–water partition coefficient (Wildman–Crippen LogP) is 6.19. The normalized spacial score (nSPS) is 20.5. The molecule has 1 aliphatic rings. The van der Waals surface area contributed by atoms with Crippen LogP contribution < -0.4 is 0 Å². The van der Waals surface area contributed by atoms with Crippen molar-refractivity contribution in [3.63, 3.8) is 0 Å². The van der Waals surface area contributed by atoms with Crippen molar-refractivity contribution >= 4 is 28.7 Å². The number of ketones is 2. The van der Waals surface area contributed by atoms with Gasteiger partial charge in [0.25, 0.3) is 0 Å². The molecule has 146 valence electrons. The number of benzene rings is 2. The Hall–Kier alpha value is -2.39. The lowest BCUT2D eigenvalue weighted by Crippen LogP contribution is -2.25. The van der Waals surface area contributed by atoms with Crippen molar-refractivity contribution in [1.82, 2.24) is 0 Å². The fourth-order valence-corrected chi connectivity index (χ4v) is 3.95. The number of halogens is 1. The van der Waals surface area contributed by atoms with E-state index in [0.717, 1.165) is 41.5 Å². The Labute approximate surface area is 171 Å². The van der Waals surface area contributed by atoms with E-state index in [-0.39, 0.29) is 17.3 Å². The van der Waals surface area contributed by atoms with E-state index in [0.29, 0.717) is 23.4 Å². The lowest BCUT2D eigenvalue weighted by Gasteiger charge is -2.22. The van der Waals surface area contributed by atoms with Gasteiger partial charge >= 0.3 is 0 Å². The molecule has 0 amide bonds. The molecule has 4 heteroatoms. The second kappa shape index (κ2) is 8.74. The molecule has 0 bridgehead atoms. The van der Waals surface area contributed by atoms with E-state index in [9.17, 15) is 14.7 Å². The van der Waals surface area contributed by atoms with Gasteiger partial charge in [0.05, 0.1) is 11.5 Å². The molecule has 0 saturated heterocycles. The minimum Gasteiger partial charge on any atom is -0.512 e. The molecule has 0 heterocycles. The largest absolute Gasteiger partial charge is 0.512 e. The Morgan fingerprint density at radius 1 is 1.11 bits per heavy atom. The lowest BCUT2D eigenvalue weighted by atomic mass is 9.81. The summed E-state index contributed by atoms with van der Waals surface area (Å²) >= 11 is 6.00. The molecular formula is C24H25ClO3. The van der Waals surface area contributed by atoms with Crippen molar-refractivity contribution in [2.24, 2.45) is 5.92 Å². The van der Waals surface area contributed by atoms with Crippen LogP contribution in [0.3, 0.4) is 0 Å². The van der Waals surface area contributed by atoms with Crippen LogP contribution in [0.25, 0.3) is 16.7 Å².